The van der Waals surface area contributed by atoms with Gasteiger partial charge in [0.15, 0.2) is 0 Å². The summed E-state index contributed by atoms with van der Waals surface area (Å²) < 4.78 is 5.17. The SMILES string of the molecule is COc1ccc(CC(=O)Nc2ccc(Cl)c(CN(C(=O)CC(C)(C)C)C3CCC(N)CC3)c2)cc1. The Kier molecular flexibility index (Phi) is 9.20. The first-order valence-electron chi connectivity index (χ1n) is 12.3. The molecule has 2 amide bonds. The predicted octanol–water partition coefficient (Wildman–Crippen LogP) is 5.56. The van der Waals surface area contributed by atoms with Crippen LogP contribution in [-0.2, 0) is 22.6 Å². The van der Waals surface area contributed by atoms with Crippen LogP contribution in [0.2, 0.25) is 5.02 Å². The van der Waals surface area contributed by atoms with E-state index in [-0.39, 0.29) is 35.7 Å². The number of amides is 2. The summed E-state index contributed by atoms with van der Waals surface area (Å²) in [6.45, 7) is 6.64. The lowest BCUT2D eigenvalue weighted by atomic mass is 9.88. The number of carbonyl (C=O) groups is 2. The fourth-order valence-corrected chi connectivity index (χ4v) is 4.66. The van der Waals surface area contributed by atoms with E-state index in [4.69, 9.17) is 22.1 Å². The standard InChI is InChI=1S/C28H38ClN3O3/c1-28(2,3)17-27(34)32(23-10-7-21(30)8-11-23)18-20-16-22(9-14-25(20)29)31-26(33)15-19-5-12-24(35-4)13-6-19/h5-6,9,12-14,16,21,23H,7-8,10-11,15,17-18,30H2,1-4H3,(H,31,33). The molecule has 0 spiro atoms. The summed E-state index contributed by atoms with van der Waals surface area (Å²) in [4.78, 5) is 28.0. The van der Waals surface area contributed by atoms with Crippen LogP contribution in [0.3, 0.4) is 0 Å². The zero-order chi connectivity index (χ0) is 25.6. The van der Waals surface area contributed by atoms with E-state index in [2.05, 4.69) is 26.1 Å². The highest BCUT2D eigenvalue weighted by molar-refractivity contribution is 6.31. The third kappa shape index (κ3) is 8.25. The predicted molar refractivity (Wildman–Crippen MR) is 142 cm³/mol. The van der Waals surface area contributed by atoms with Crippen LogP contribution in [0.25, 0.3) is 0 Å². The first-order valence-corrected chi connectivity index (χ1v) is 12.7. The molecule has 0 aromatic heterocycles. The molecular weight excluding hydrogens is 462 g/mol. The Bertz CT molecular complexity index is 1010. The molecule has 0 radical (unpaired) electrons. The smallest absolute Gasteiger partial charge is 0.228 e. The number of rotatable bonds is 8. The number of nitrogens with zero attached hydrogens (tertiary/aromatic N) is 1. The lowest BCUT2D eigenvalue weighted by Gasteiger charge is -2.37. The van der Waals surface area contributed by atoms with Crippen LogP contribution < -0.4 is 15.8 Å². The summed E-state index contributed by atoms with van der Waals surface area (Å²) in [5.41, 5.74) is 8.39. The molecule has 2 aromatic carbocycles. The van der Waals surface area contributed by atoms with Gasteiger partial charge in [0.2, 0.25) is 11.8 Å². The summed E-state index contributed by atoms with van der Waals surface area (Å²) >= 11 is 6.55. The molecule has 7 heteroatoms. The summed E-state index contributed by atoms with van der Waals surface area (Å²) in [7, 11) is 1.61. The summed E-state index contributed by atoms with van der Waals surface area (Å²) in [6.07, 6.45) is 4.34. The molecule has 1 aliphatic rings. The highest BCUT2D eigenvalue weighted by atomic mass is 35.5. The third-order valence-corrected chi connectivity index (χ3v) is 6.75. The number of halogens is 1. The maximum Gasteiger partial charge on any atom is 0.228 e. The molecule has 0 unspecified atom stereocenters. The van der Waals surface area contributed by atoms with Crippen molar-refractivity contribution in [2.24, 2.45) is 11.1 Å². The Morgan fingerprint density at radius 2 is 1.74 bits per heavy atom. The van der Waals surface area contributed by atoms with Crippen LogP contribution >= 0.6 is 11.6 Å². The van der Waals surface area contributed by atoms with Gasteiger partial charge in [0.1, 0.15) is 5.75 Å². The monoisotopic (exact) mass is 499 g/mol. The molecule has 190 valence electrons. The molecule has 35 heavy (non-hydrogen) atoms. The van der Waals surface area contributed by atoms with E-state index in [9.17, 15) is 9.59 Å². The second-order valence-corrected chi connectivity index (χ2v) is 11.1. The van der Waals surface area contributed by atoms with Gasteiger partial charge >= 0.3 is 0 Å². The van der Waals surface area contributed by atoms with Gasteiger partial charge in [0.05, 0.1) is 13.5 Å². The molecular formula is C28H38ClN3O3. The van der Waals surface area contributed by atoms with Crippen LogP contribution in [0.15, 0.2) is 42.5 Å². The zero-order valence-corrected chi connectivity index (χ0v) is 22.0. The van der Waals surface area contributed by atoms with Crippen molar-refractivity contribution in [3.8, 4) is 5.75 Å². The molecule has 0 heterocycles. The van der Waals surface area contributed by atoms with Gasteiger partial charge in [-0.3, -0.25) is 9.59 Å². The largest absolute Gasteiger partial charge is 0.497 e. The number of hydrogen-bond acceptors (Lipinski definition) is 4. The van der Waals surface area contributed by atoms with E-state index in [0.29, 0.717) is 23.7 Å². The number of nitrogens with two attached hydrogens (primary N) is 1. The van der Waals surface area contributed by atoms with E-state index in [1.165, 1.54) is 0 Å². The maximum atomic E-state index is 13.3. The van der Waals surface area contributed by atoms with Crippen LogP contribution in [0.1, 0.15) is 64.0 Å². The lowest BCUT2D eigenvalue weighted by molar-refractivity contribution is -0.137. The minimum atomic E-state index is -0.120. The van der Waals surface area contributed by atoms with E-state index < -0.39 is 0 Å². The van der Waals surface area contributed by atoms with Gasteiger partial charge in [-0.15, -0.1) is 0 Å². The number of ether oxygens (including phenoxy) is 1. The highest BCUT2D eigenvalue weighted by Gasteiger charge is 2.30. The Balaban J connectivity index is 1.73. The van der Waals surface area contributed by atoms with E-state index in [1.54, 1.807) is 19.2 Å². The number of anilines is 1. The second-order valence-electron chi connectivity index (χ2n) is 10.7. The lowest BCUT2D eigenvalue weighted by Crippen LogP contribution is -2.44. The van der Waals surface area contributed by atoms with Crippen molar-refractivity contribution < 1.29 is 14.3 Å². The average Bonchev–Trinajstić information content (AvgIpc) is 2.79. The van der Waals surface area contributed by atoms with Crippen molar-refractivity contribution in [2.45, 2.75) is 77.9 Å². The van der Waals surface area contributed by atoms with Crippen LogP contribution in [0, 0.1) is 5.41 Å². The van der Waals surface area contributed by atoms with Gasteiger partial charge in [-0.2, -0.15) is 0 Å². The summed E-state index contributed by atoms with van der Waals surface area (Å²) in [5.74, 6) is 0.760. The summed E-state index contributed by atoms with van der Waals surface area (Å²) in [6, 6.07) is 13.2. The number of benzene rings is 2. The zero-order valence-electron chi connectivity index (χ0n) is 21.3. The number of carbonyl (C=O) groups excluding carboxylic acids is 2. The Labute approximate surface area is 214 Å². The molecule has 1 fully saturated rings. The van der Waals surface area contributed by atoms with Crippen molar-refractivity contribution in [3.05, 3.63) is 58.6 Å². The minimum Gasteiger partial charge on any atom is -0.497 e. The van der Waals surface area contributed by atoms with E-state index in [0.717, 1.165) is 42.6 Å². The van der Waals surface area contributed by atoms with Crippen molar-refractivity contribution >= 4 is 29.1 Å². The van der Waals surface area contributed by atoms with Crippen molar-refractivity contribution in [1.82, 2.24) is 4.90 Å². The Morgan fingerprint density at radius 1 is 1.09 bits per heavy atom. The molecule has 1 saturated carbocycles. The molecule has 0 aliphatic heterocycles. The highest BCUT2D eigenvalue weighted by Crippen LogP contribution is 2.30. The van der Waals surface area contributed by atoms with E-state index in [1.807, 2.05) is 35.2 Å². The maximum absolute atomic E-state index is 13.3. The molecule has 2 aromatic rings. The molecule has 3 rings (SSSR count). The van der Waals surface area contributed by atoms with Crippen LogP contribution in [0.5, 0.6) is 5.75 Å². The topological polar surface area (TPSA) is 84.7 Å². The van der Waals surface area contributed by atoms with E-state index >= 15 is 0 Å². The fraction of sp³-hybridized carbons (Fsp3) is 0.500. The van der Waals surface area contributed by atoms with Crippen molar-refractivity contribution in [3.63, 3.8) is 0 Å². The molecule has 1 aliphatic carbocycles. The molecule has 6 nitrogen and oxygen atoms in total. The van der Waals surface area contributed by atoms with Crippen molar-refractivity contribution in [2.75, 3.05) is 12.4 Å². The Hall–Kier alpha value is -2.57. The normalized spacial score (nSPS) is 18.1. The quantitative estimate of drug-likeness (QED) is 0.497. The number of nitrogens with one attached hydrogen (secondary N) is 1. The average molecular weight is 500 g/mol. The fourth-order valence-electron chi connectivity index (χ4n) is 4.48. The Morgan fingerprint density at radius 3 is 2.34 bits per heavy atom. The van der Waals surface area contributed by atoms with Gasteiger partial charge in [0.25, 0.3) is 0 Å². The van der Waals surface area contributed by atoms with Gasteiger partial charge < -0.3 is 20.7 Å². The molecule has 0 atom stereocenters. The number of hydrogen-bond donors (Lipinski definition) is 2. The summed E-state index contributed by atoms with van der Waals surface area (Å²) in [5, 5.41) is 3.55. The number of methoxy groups -OCH3 is 1. The third-order valence-electron chi connectivity index (χ3n) is 6.38. The molecule has 0 saturated heterocycles. The van der Waals surface area contributed by atoms with Gasteiger partial charge in [-0.05, 0) is 72.6 Å². The molecule has 3 N–H and O–H groups in total. The minimum absolute atomic E-state index is 0.110. The van der Waals surface area contributed by atoms with Gasteiger partial charge in [-0.25, -0.2) is 0 Å². The van der Waals surface area contributed by atoms with Crippen molar-refractivity contribution in [1.29, 1.82) is 0 Å². The van der Waals surface area contributed by atoms with Crippen LogP contribution in [0.4, 0.5) is 5.69 Å². The first-order chi connectivity index (χ1) is 16.5. The van der Waals surface area contributed by atoms with Crippen LogP contribution in [-0.4, -0.2) is 35.9 Å². The second kappa shape index (κ2) is 11.9. The van der Waals surface area contributed by atoms with Gasteiger partial charge in [-0.1, -0.05) is 44.5 Å². The molecule has 0 bridgehead atoms. The first kappa shape index (κ1) is 27.0. The van der Waals surface area contributed by atoms with Gasteiger partial charge in [0, 0.05) is 35.8 Å².